The number of benzene rings is 1. The van der Waals surface area contributed by atoms with E-state index in [4.69, 9.17) is 24.5 Å². The lowest BCUT2D eigenvalue weighted by molar-refractivity contribution is -0.345. The Kier molecular flexibility index (Phi) is 8.36. The number of carbonyl (C=O) groups excluding carboxylic acids is 3. The number of para-hydroxylation sites is 1. The molecule has 1 aliphatic rings. The fourth-order valence-electron chi connectivity index (χ4n) is 3.36. The van der Waals surface area contributed by atoms with Gasteiger partial charge in [0.15, 0.2) is 0 Å². The summed E-state index contributed by atoms with van der Waals surface area (Å²) in [5, 5.41) is 17.9. The van der Waals surface area contributed by atoms with Gasteiger partial charge in [0.25, 0.3) is 0 Å². The molecule has 0 amide bonds. The first-order valence-corrected chi connectivity index (χ1v) is 9.87. The van der Waals surface area contributed by atoms with Gasteiger partial charge >= 0.3 is 5.97 Å². The van der Waals surface area contributed by atoms with Crippen molar-refractivity contribution in [3.8, 4) is 0 Å². The van der Waals surface area contributed by atoms with Crippen molar-refractivity contribution in [2.45, 2.75) is 20.8 Å². The monoisotopic (exact) mass is 427 g/mol. The van der Waals surface area contributed by atoms with Crippen LogP contribution in [0, 0.1) is 13.8 Å². The van der Waals surface area contributed by atoms with E-state index >= 15 is 0 Å². The molecular weight excluding hydrogens is 402 g/mol. The van der Waals surface area contributed by atoms with Crippen LogP contribution in [0.15, 0.2) is 36.4 Å². The van der Waals surface area contributed by atoms with Gasteiger partial charge in [0.05, 0.1) is 29.9 Å². The molecule has 0 unspecified atom stereocenters. The van der Waals surface area contributed by atoms with Crippen LogP contribution in [0.2, 0.25) is 0 Å². The third-order valence-electron chi connectivity index (χ3n) is 4.70. The van der Waals surface area contributed by atoms with Gasteiger partial charge < -0.3 is 34.3 Å². The second-order valence-electron chi connectivity index (χ2n) is 6.85. The van der Waals surface area contributed by atoms with E-state index in [0.717, 1.165) is 43.3 Å². The van der Waals surface area contributed by atoms with Crippen molar-refractivity contribution >= 4 is 29.3 Å². The highest BCUT2D eigenvalue weighted by Crippen LogP contribution is 2.27. The number of aryl methyl sites for hydroxylation is 2. The van der Waals surface area contributed by atoms with Crippen LogP contribution >= 0.6 is 0 Å². The number of hydrogen-bond acceptors (Lipinski definition) is 9. The average Bonchev–Trinajstić information content (AvgIpc) is 2.74. The maximum absolute atomic E-state index is 12.4. The molecule has 31 heavy (non-hydrogen) atoms. The summed E-state index contributed by atoms with van der Waals surface area (Å²) in [5.74, 6) is -4.65. The Labute approximate surface area is 180 Å². The van der Waals surface area contributed by atoms with Crippen LogP contribution in [0.1, 0.15) is 28.7 Å². The summed E-state index contributed by atoms with van der Waals surface area (Å²) < 4.78 is 5.25. The number of aromatic nitrogens is 1. The number of piperazine rings is 1. The topological polar surface area (TPSA) is 126 Å². The third kappa shape index (κ3) is 6.43. The van der Waals surface area contributed by atoms with Crippen LogP contribution < -0.4 is 20.0 Å². The summed E-state index contributed by atoms with van der Waals surface area (Å²) in [6, 6.07) is 12.4. The number of pyridine rings is 1. The zero-order valence-electron chi connectivity index (χ0n) is 17.8. The number of anilines is 2. The number of ether oxygens (including phenoxy) is 1. The van der Waals surface area contributed by atoms with Gasteiger partial charge in [0.2, 0.25) is 0 Å². The van der Waals surface area contributed by atoms with E-state index in [2.05, 4.69) is 39.0 Å². The number of carboxylic acids is 2. The Morgan fingerprint density at radius 1 is 0.968 bits per heavy atom. The molecule has 0 atom stereocenters. The number of carbonyl (C=O) groups is 3. The van der Waals surface area contributed by atoms with Gasteiger partial charge in [-0.25, -0.2) is 4.79 Å². The highest BCUT2D eigenvalue weighted by atomic mass is 16.5. The summed E-state index contributed by atoms with van der Waals surface area (Å²) in [6.45, 7) is 9.61. The molecule has 166 valence electrons. The standard InChI is InChI=1S/C20H25N3O2.C2H2O4/c1-4-25-20(24)19-16(3)21-15(2)14-18(19)23-12-10-22(11-13-23)17-8-6-5-7-9-17;3-1(4)2(5)6/h5-9,14H,4,10-13H2,1-3H3;(H,3,4)(H,5,6)/p-2. The van der Waals surface area contributed by atoms with E-state index in [9.17, 15) is 4.79 Å². The number of esters is 1. The van der Waals surface area contributed by atoms with E-state index in [1.165, 1.54) is 5.69 Å². The van der Waals surface area contributed by atoms with Crippen LogP contribution in [-0.4, -0.2) is 55.7 Å². The molecule has 9 heteroatoms. The van der Waals surface area contributed by atoms with Crippen LogP contribution in [0.5, 0.6) is 0 Å². The van der Waals surface area contributed by atoms with Gasteiger partial charge in [-0.3, -0.25) is 4.98 Å². The smallest absolute Gasteiger partial charge is 0.342 e. The van der Waals surface area contributed by atoms with Crippen LogP contribution in [-0.2, 0) is 14.3 Å². The van der Waals surface area contributed by atoms with Gasteiger partial charge in [-0.15, -0.1) is 0 Å². The van der Waals surface area contributed by atoms with Crippen LogP contribution in [0.3, 0.4) is 0 Å². The van der Waals surface area contributed by atoms with Crippen molar-refractivity contribution in [2.24, 2.45) is 0 Å². The maximum Gasteiger partial charge on any atom is 0.342 e. The van der Waals surface area contributed by atoms with Gasteiger partial charge in [0, 0.05) is 37.6 Å². The quantitative estimate of drug-likeness (QED) is 0.477. The Morgan fingerprint density at radius 2 is 1.52 bits per heavy atom. The first-order valence-electron chi connectivity index (χ1n) is 9.87. The van der Waals surface area contributed by atoms with Gasteiger partial charge in [0.1, 0.15) is 5.56 Å². The number of aliphatic carboxylic acids is 2. The van der Waals surface area contributed by atoms with E-state index in [1.807, 2.05) is 32.9 Å². The largest absolute Gasteiger partial charge is 0.543 e. The molecule has 0 spiro atoms. The van der Waals surface area contributed by atoms with Crippen molar-refractivity contribution in [1.82, 2.24) is 4.98 Å². The van der Waals surface area contributed by atoms with E-state index in [0.29, 0.717) is 12.2 Å². The number of rotatable bonds is 4. The summed E-state index contributed by atoms with van der Waals surface area (Å²) >= 11 is 0. The van der Waals surface area contributed by atoms with Gasteiger partial charge in [-0.05, 0) is 39.0 Å². The summed E-state index contributed by atoms with van der Waals surface area (Å²) in [5.41, 5.74) is 4.44. The van der Waals surface area contributed by atoms with Crippen molar-refractivity contribution in [1.29, 1.82) is 0 Å². The summed E-state index contributed by atoms with van der Waals surface area (Å²) in [4.78, 5) is 39.4. The first kappa shape index (κ1) is 23.7. The predicted molar refractivity (Wildman–Crippen MR) is 111 cm³/mol. The van der Waals surface area contributed by atoms with Crippen molar-refractivity contribution < 1.29 is 29.3 Å². The molecule has 1 aliphatic heterocycles. The zero-order valence-corrected chi connectivity index (χ0v) is 17.8. The minimum atomic E-state index is -2.19. The Bertz CT molecular complexity index is 912. The van der Waals surface area contributed by atoms with E-state index < -0.39 is 11.9 Å². The minimum absolute atomic E-state index is 0.284. The Balaban J connectivity index is 0.000000501. The molecule has 0 N–H and O–H groups in total. The van der Waals surface area contributed by atoms with E-state index in [1.54, 1.807) is 0 Å². The van der Waals surface area contributed by atoms with E-state index in [-0.39, 0.29) is 5.97 Å². The van der Waals surface area contributed by atoms with Crippen molar-refractivity contribution in [2.75, 3.05) is 42.6 Å². The number of carboxylic acid groups (broad SMARTS) is 2. The molecule has 3 rings (SSSR count). The molecule has 1 saturated heterocycles. The van der Waals surface area contributed by atoms with Crippen LogP contribution in [0.4, 0.5) is 11.4 Å². The fraction of sp³-hybridized carbons (Fsp3) is 0.364. The maximum atomic E-state index is 12.4. The molecule has 1 aromatic heterocycles. The molecule has 0 saturated carbocycles. The lowest BCUT2D eigenvalue weighted by Crippen LogP contribution is -2.47. The molecule has 1 fully saturated rings. The van der Waals surface area contributed by atoms with Crippen molar-refractivity contribution in [3.63, 3.8) is 0 Å². The van der Waals surface area contributed by atoms with Crippen LogP contribution in [0.25, 0.3) is 0 Å². The predicted octanol–water partition coefficient (Wildman–Crippen LogP) is -0.312. The molecule has 2 aromatic rings. The first-order chi connectivity index (χ1) is 14.7. The minimum Gasteiger partial charge on any atom is -0.543 e. The Morgan fingerprint density at radius 3 is 2.03 bits per heavy atom. The SMILES string of the molecule is CCOC(=O)c1c(N2CCN(c3ccccc3)CC2)cc(C)nc1C.O=C([O-])C(=O)[O-]. The lowest BCUT2D eigenvalue weighted by Gasteiger charge is -2.38. The highest BCUT2D eigenvalue weighted by Gasteiger charge is 2.25. The summed E-state index contributed by atoms with van der Waals surface area (Å²) in [7, 11) is 0. The molecular formula is C22H25N3O6-2. The number of hydrogen-bond donors (Lipinski definition) is 0. The normalized spacial score (nSPS) is 13.1. The zero-order chi connectivity index (χ0) is 23.0. The Hall–Kier alpha value is -3.62. The molecule has 1 aromatic carbocycles. The fourth-order valence-corrected chi connectivity index (χ4v) is 3.36. The van der Waals surface area contributed by atoms with Gasteiger partial charge in [-0.2, -0.15) is 0 Å². The third-order valence-corrected chi connectivity index (χ3v) is 4.70. The molecule has 2 heterocycles. The average molecular weight is 427 g/mol. The molecule has 0 radical (unpaired) electrons. The molecule has 9 nitrogen and oxygen atoms in total. The lowest BCUT2D eigenvalue weighted by atomic mass is 10.1. The summed E-state index contributed by atoms with van der Waals surface area (Å²) in [6.07, 6.45) is 0. The van der Waals surface area contributed by atoms with Crippen molar-refractivity contribution in [3.05, 3.63) is 53.3 Å². The van der Waals surface area contributed by atoms with Gasteiger partial charge in [-0.1, -0.05) is 18.2 Å². The second-order valence-corrected chi connectivity index (χ2v) is 6.85. The highest BCUT2D eigenvalue weighted by molar-refractivity contribution is 6.25. The number of nitrogens with zero attached hydrogens (tertiary/aromatic N) is 3. The molecule has 0 aliphatic carbocycles. The second kappa shape index (κ2) is 11.0. The molecule has 0 bridgehead atoms.